The molecule has 0 saturated carbocycles. The Hall–Kier alpha value is -2.34. The normalized spacial score (nSPS) is 11.0. The molecule has 6 nitrogen and oxygen atoms in total. The van der Waals surface area contributed by atoms with Crippen LogP contribution in [0.15, 0.2) is 30.5 Å². The zero-order chi connectivity index (χ0) is 17.7. The van der Waals surface area contributed by atoms with Gasteiger partial charge >= 0.3 is 0 Å². The van der Waals surface area contributed by atoms with Crippen LogP contribution >= 0.6 is 11.6 Å². The number of hydrogen-bond donors (Lipinski definition) is 2. The highest BCUT2D eigenvalue weighted by molar-refractivity contribution is 6.33. The summed E-state index contributed by atoms with van der Waals surface area (Å²) in [6.45, 7) is 7.81. The molecule has 7 heteroatoms. The molecule has 0 aliphatic rings. The molecule has 0 aromatic carbocycles. The number of carbonyl (C=O) groups excluding carboxylic acids is 1. The Kier molecular flexibility index (Phi) is 5.62. The van der Waals surface area contributed by atoms with Gasteiger partial charge in [0.2, 0.25) is 11.8 Å². The second-order valence-corrected chi connectivity index (χ2v) is 6.55. The van der Waals surface area contributed by atoms with Crippen molar-refractivity contribution >= 4 is 34.8 Å². The van der Waals surface area contributed by atoms with E-state index < -0.39 is 5.41 Å². The first-order valence-electron chi connectivity index (χ1n) is 7.64. The van der Waals surface area contributed by atoms with Crippen molar-refractivity contribution in [2.45, 2.75) is 27.7 Å². The molecule has 1 amide bonds. The summed E-state index contributed by atoms with van der Waals surface area (Å²) < 4.78 is 5.54. The van der Waals surface area contributed by atoms with Crippen molar-refractivity contribution < 1.29 is 9.53 Å². The number of hydrogen-bond acceptors (Lipinski definition) is 5. The van der Waals surface area contributed by atoms with Crippen LogP contribution < -0.4 is 15.4 Å². The third-order valence-electron chi connectivity index (χ3n) is 3.08. The fraction of sp³-hybridized carbons (Fsp3) is 0.353. The molecule has 2 aromatic rings. The molecule has 0 saturated heterocycles. The Morgan fingerprint density at radius 1 is 1.29 bits per heavy atom. The van der Waals surface area contributed by atoms with E-state index in [-0.39, 0.29) is 5.91 Å². The van der Waals surface area contributed by atoms with Crippen LogP contribution in [0.5, 0.6) is 5.88 Å². The van der Waals surface area contributed by atoms with Gasteiger partial charge in [-0.1, -0.05) is 32.4 Å². The molecule has 0 aliphatic carbocycles. The fourth-order valence-electron chi connectivity index (χ4n) is 1.76. The van der Waals surface area contributed by atoms with Crippen LogP contribution in [0.1, 0.15) is 27.7 Å². The lowest BCUT2D eigenvalue weighted by Crippen LogP contribution is -2.28. The number of carbonyl (C=O) groups is 1. The van der Waals surface area contributed by atoms with Crippen LogP contribution in [-0.4, -0.2) is 22.5 Å². The lowest BCUT2D eigenvalue weighted by Gasteiger charge is -2.19. The fourth-order valence-corrected chi connectivity index (χ4v) is 1.93. The van der Waals surface area contributed by atoms with Crippen molar-refractivity contribution in [3.63, 3.8) is 0 Å². The highest BCUT2D eigenvalue weighted by Gasteiger charge is 2.23. The van der Waals surface area contributed by atoms with Crippen molar-refractivity contribution in [3.8, 4) is 5.88 Å². The standard InChI is InChI=1S/C17H21ClN4O2/c1-5-24-15-12(20-16(23)17(2,3)4)8-9-13(22-15)21-14-11(18)7-6-10-19-14/h6-10H,5H2,1-4H3,(H,20,23)(H,19,21,22). The van der Waals surface area contributed by atoms with E-state index in [4.69, 9.17) is 16.3 Å². The zero-order valence-corrected chi connectivity index (χ0v) is 14.9. The molecule has 0 aliphatic heterocycles. The summed E-state index contributed by atoms with van der Waals surface area (Å²) in [4.78, 5) is 20.7. The number of rotatable bonds is 5. The van der Waals surface area contributed by atoms with Crippen LogP contribution in [0.3, 0.4) is 0 Å². The van der Waals surface area contributed by atoms with Gasteiger partial charge in [0.1, 0.15) is 17.3 Å². The Balaban J connectivity index is 2.26. The minimum atomic E-state index is -0.512. The van der Waals surface area contributed by atoms with Gasteiger partial charge < -0.3 is 15.4 Å². The number of anilines is 3. The highest BCUT2D eigenvalue weighted by atomic mass is 35.5. The van der Waals surface area contributed by atoms with Gasteiger partial charge in [-0.2, -0.15) is 4.98 Å². The van der Waals surface area contributed by atoms with E-state index in [0.717, 1.165) is 0 Å². The molecule has 0 spiro atoms. The summed E-state index contributed by atoms with van der Waals surface area (Å²) in [6, 6.07) is 6.95. The van der Waals surface area contributed by atoms with Crippen molar-refractivity contribution in [2.75, 3.05) is 17.2 Å². The predicted octanol–water partition coefficient (Wildman–Crippen LogP) is 4.26. The Bertz CT molecular complexity index is 729. The van der Waals surface area contributed by atoms with Gasteiger partial charge in [0.05, 0.1) is 11.6 Å². The second kappa shape index (κ2) is 7.49. The Morgan fingerprint density at radius 3 is 2.67 bits per heavy atom. The number of aromatic nitrogens is 2. The van der Waals surface area contributed by atoms with E-state index in [1.165, 1.54) is 0 Å². The minimum absolute atomic E-state index is 0.112. The smallest absolute Gasteiger partial charge is 0.239 e. The van der Waals surface area contributed by atoms with E-state index in [9.17, 15) is 4.79 Å². The summed E-state index contributed by atoms with van der Waals surface area (Å²) in [5.74, 6) is 1.25. The predicted molar refractivity (Wildman–Crippen MR) is 96.0 cm³/mol. The Labute approximate surface area is 146 Å². The molecule has 2 aromatic heterocycles. The van der Waals surface area contributed by atoms with Gasteiger partial charge in [-0.15, -0.1) is 0 Å². The molecule has 0 fully saturated rings. The maximum absolute atomic E-state index is 12.2. The van der Waals surface area contributed by atoms with Gasteiger partial charge in [-0.25, -0.2) is 4.98 Å². The van der Waals surface area contributed by atoms with E-state index in [2.05, 4.69) is 20.6 Å². The van der Waals surface area contributed by atoms with E-state index >= 15 is 0 Å². The molecule has 2 heterocycles. The molecule has 24 heavy (non-hydrogen) atoms. The second-order valence-electron chi connectivity index (χ2n) is 6.15. The topological polar surface area (TPSA) is 76.1 Å². The maximum atomic E-state index is 12.2. The maximum Gasteiger partial charge on any atom is 0.239 e. The third kappa shape index (κ3) is 4.58. The average Bonchev–Trinajstić information content (AvgIpc) is 2.51. The van der Waals surface area contributed by atoms with Crippen molar-refractivity contribution in [3.05, 3.63) is 35.5 Å². The van der Waals surface area contributed by atoms with E-state index in [1.54, 1.807) is 30.5 Å². The van der Waals surface area contributed by atoms with Gasteiger partial charge in [-0.05, 0) is 31.2 Å². The first kappa shape index (κ1) is 18.0. The summed E-state index contributed by atoms with van der Waals surface area (Å²) in [5, 5.41) is 6.37. The van der Waals surface area contributed by atoms with Crippen LogP contribution in [0.2, 0.25) is 5.02 Å². The number of pyridine rings is 2. The number of ether oxygens (including phenoxy) is 1. The number of nitrogens with one attached hydrogen (secondary N) is 2. The number of halogens is 1. The molecule has 2 rings (SSSR count). The summed E-state index contributed by atoms with van der Waals surface area (Å²) in [5.41, 5.74) is 0.0106. The molecule has 0 radical (unpaired) electrons. The molecule has 2 N–H and O–H groups in total. The lowest BCUT2D eigenvalue weighted by atomic mass is 9.95. The molecular formula is C17H21ClN4O2. The van der Waals surface area contributed by atoms with Gasteiger partial charge in [0, 0.05) is 11.6 Å². The van der Waals surface area contributed by atoms with E-state index in [1.807, 2.05) is 27.7 Å². The van der Waals surface area contributed by atoms with Crippen LogP contribution in [-0.2, 0) is 4.79 Å². The SMILES string of the molecule is CCOc1nc(Nc2ncccc2Cl)ccc1NC(=O)C(C)(C)C. The average molecular weight is 349 g/mol. The monoisotopic (exact) mass is 348 g/mol. The van der Waals surface area contributed by atoms with Crippen LogP contribution in [0.25, 0.3) is 0 Å². The van der Waals surface area contributed by atoms with Crippen LogP contribution in [0, 0.1) is 5.41 Å². The van der Waals surface area contributed by atoms with Crippen molar-refractivity contribution in [1.29, 1.82) is 0 Å². The molecule has 0 atom stereocenters. The van der Waals surface area contributed by atoms with Gasteiger partial charge in [0.15, 0.2) is 0 Å². The number of amides is 1. The molecular weight excluding hydrogens is 328 g/mol. The Morgan fingerprint density at radius 2 is 2.04 bits per heavy atom. The minimum Gasteiger partial charge on any atom is -0.476 e. The molecule has 0 bridgehead atoms. The third-order valence-corrected chi connectivity index (χ3v) is 3.38. The summed E-state index contributed by atoms with van der Waals surface area (Å²) >= 11 is 6.08. The van der Waals surface area contributed by atoms with Crippen molar-refractivity contribution in [1.82, 2.24) is 9.97 Å². The van der Waals surface area contributed by atoms with Gasteiger partial charge in [-0.3, -0.25) is 4.79 Å². The summed E-state index contributed by atoms with van der Waals surface area (Å²) in [7, 11) is 0. The highest BCUT2D eigenvalue weighted by Crippen LogP contribution is 2.28. The van der Waals surface area contributed by atoms with Gasteiger partial charge in [0.25, 0.3) is 0 Å². The van der Waals surface area contributed by atoms with Crippen molar-refractivity contribution in [2.24, 2.45) is 5.41 Å². The quantitative estimate of drug-likeness (QED) is 0.844. The van der Waals surface area contributed by atoms with E-state index in [0.29, 0.717) is 34.8 Å². The molecule has 128 valence electrons. The first-order chi connectivity index (χ1) is 11.3. The lowest BCUT2D eigenvalue weighted by molar-refractivity contribution is -0.123. The van der Waals surface area contributed by atoms with Crippen LogP contribution in [0.4, 0.5) is 17.3 Å². The zero-order valence-electron chi connectivity index (χ0n) is 14.2. The number of nitrogens with zero attached hydrogens (tertiary/aromatic N) is 2. The largest absolute Gasteiger partial charge is 0.476 e. The summed E-state index contributed by atoms with van der Waals surface area (Å²) in [6.07, 6.45) is 1.63. The first-order valence-corrected chi connectivity index (χ1v) is 8.02. The molecule has 0 unspecified atom stereocenters.